The fourth-order valence-corrected chi connectivity index (χ4v) is 2.58. The van der Waals surface area contributed by atoms with Crippen molar-refractivity contribution in [2.45, 2.75) is 38.9 Å². The van der Waals surface area contributed by atoms with E-state index in [4.69, 9.17) is 10.2 Å². The van der Waals surface area contributed by atoms with E-state index >= 15 is 0 Å². The Balaban J connectivity index is 2.52. The molecule has 1 aromatic carbocycles. The topological polar surface area (TPSA) is 90.4 Å². The number of nitrogen functional groups attached to an aromatic ring is 1. The summed E-state index contributed by atoms with van der Waals surface area (Å²) in [6, 6.07) is 4.42. The third-order valence-corrected chi connectivity index (χ3v) is 8.47. The van der Waals surface area contributed by atoms with Gasteiger partial charge in [-0.15, -0.1) is 0 Å². The lowest BCUT2D eigenvalue weighted by Gasteiger charge is -2.36. The maximum Gasteiger partial charge on any atom is 0.271 e. The van der Waals surface area contributed by atoms with E-state index in [-0.39, 0.29) is 10.7 Å². The second kappa shape index (κ2) is 6.44. The van der Waals surface area contributed by atoms with Crippen molar-refractivity contribution in [2.75, 3.05) is 24.2 Å². The molecule has 0 heterocycles. The van der Waals surface area contributed by atoms with Gasteiger partial charge in [0.05, 0.1) is 22.9 Å². The van der Waals surface area contributed by atoms with Crippen molar-refractivity contribution in [3.05, 3.63) is 28.3 Å². The van der Waals surface area contributed by atoms with Crippen LogP contribution >= 0.6 is 0 Å². The first-order chi connectivity index (χ1) is 9.54. The molecule has 0 aliphatic heterocycles. The van der Waals surface area contributed by atoms with Gasteiger partial charge in [-0.05, 0) is 24.2 Å². The van der Waals surface area contributed by atoms with E-state index in [0.29, 0.717) is 24.5 Å². The van der Waals surface area contributed by atoms with E-state index in [2.05, 4.69) is 39.2 Å². The molecule has 0 aromatic heterocycles. The SMILES string of the molecule is CC(C)(C)[Si](C)(C)OCCNc1ccc([N+](=O)[O-])cc1N. The van der Waals surface area contributed by atoms with Crippen molar-refractivity contribution in [3.8, 4) is 0 Å². The third kappa shape index (κ3) is 4.71. The van der Waals surface area contributed by atoms with Crippen molar-refractivity contribution >= 4 is 25.4 Å². The molecular weight excluding hydrogens is 286 g/mol. The molecule has 21 heavy (non-hydrogen) atoms. The van der Waals surface area contributed by atoms with Gasteiger partial charge in [-0.3, -0.25) is 10.1 Å². The van der Waals surface area contributed by atoms with E-state index in [9.17, 15) is 10.1 Å². The number of hydrogen-bond acceptors (Lipinski definition) is 5. The zero-order valence-corrected chi connectivity index (χ0v) is 14.4. The number of nitrogens with two attached hydrogens (primary N) is 1. The van der Waals surface area contributed by atoms with Gasteiger partial charge in [0.15, 0.2) is 8.32 Å². The van der Waals surface area contributed by atoms with Crippen LogP contribution in [0.1, 0.15) is 20.8 Å². The zero-order valence-electron chi connectivity index (χ0n) is 13.4. The van der Waals surface area contributed by atoms with Crippen LogP contribution < -0.4 is 11.1 Å². The van der Waals surface area contributed by atoms with Gasteiger partial charge in [-0.2, -0.15) is 0 Å². The monoisotopic (exact) mass is 311 g/mol. The van der Waals surface area contributed by atoms with Gasteiger partial charge in [0, 0.05) is 18.7 Å². The second-order valence-corrected chi connectivity index (χ2v) is 11.4. The summed E-state index contributed by atoms with van der Waals surface area (Å²) in [5.41, 5.74) is 6.86. The zero-order chi connectivity index (χ0) is 16.3. The molecular formula is C14H25N3O3Si. The van der Waals surface area contributed by atoms with E-state index in [0.717, 1.165) is 0 Å². The van der Waals surface area contributed by atoms with Crippen LogP contribution in [0.2, 0.25) is 18.1 Å². The fourth-order valence-electron chi connectivity index (χ4n) is 1.53. The summed E-state index contributed by atoms with van der Waals surface area (Å²) in [5, 5.41) is 14.0. The Hall–Kier alpha value is -1.60. The average Bonchev–Trinajstić information content (AvgIpc) is 2.34. The standard InChI is InChI=1S/C14H25N3O3Si/c1-14(2,3)21(4,5)20-9-8-16-13-7-6-11(17(18)19)10-12(13)15/h6-7,10,16H,8-9,15H2,1-5H3. The molecule has 0 saturated carbocycles. The predicted molar refractivity (Wildman–Crippen MR) is 89.1 cm³/mol. The van der Waals surface area contributed by atoms with Crippen molar-refractivity contribution < 1.29 is 9.35 Å². The maximum atomic E-state index is 10.6. The van der Waals surface area contributed by atoms with Crippen LogP contribution in [0.5, 0.6) is 0 Å². The molecule has 0 aliphatic rings. The summed E-state index contributed by atoms with van der Waals surface area (Å²) >= 11 is 0. The van der Waals surface area contributed by atoms with Gasteiger partial charge in [0.25, 0.3) is 5.69 Å². The minimum absolute atomic E-state index is 0.00410. The number of nitro benzene ring substituents is 1. The molecule has 0 bridgehead atoms. The Kier molecular flexibility index (Phi) is 5.35. The first kappa shape index (κ1) is 17.4. The number of nitrogens with one attached hydrogen (secondary N) is 1. The normalized spacial score (nSPS) is 12.2. The molecule has 0 aliphatic carbocycles. The van der Waals surface area contributed by atoms with E-state index in [1.807, 2.05) is 0 Å². The molecule has 3 N–H and O–H groups in total. The van der Waals surface area contributed by atoms with Crippen LogP contribution in [0.3, 0.4) is 0 Å². The highest BCUT2D eigenvalue weighted by molar-refractivity contribution is 6.74. The summed E-state index contributed by atoms with van der Waals surface area (Å²) in [4.78, 5) is 10.2. The maximum absolute atomic E-state index is 10.6. The van der Waals surface area contributed by atoms with Gasteiger partial charge >= 0.3 is 0 Å². The van der Waals surface area contributed by atoms with E-state index < -0.39 is 13.2 Å². The molecule has 0 amide bonds. The number of rotatable bonds is 6. The summed E-state index contributed by atoms with van der Waals surface area (Å²) in [5.74, 6) is 0. The quantitative estimate of drug-likeness (QED) is 0.275. The lowest BCUT2D eigenvalue weighted by Crippen LogP contribution is -2.41. The fraction of sp³-hybridized carbons (Fsp3) is 0.571. The Morgan fingerprint density at radius 3 is 2.48 bits per heavy atom. The van der Waals surface area contributed by atoms with Crippen molar-refractivity contribution in [1.29, 1.82) is 0 Å². The number of nitrogens with zero attached hydrogens (tertiary/aromatic N) is 1. The third-order valence-electron chi connectivity index (χ3n) is 3.93. The molecule has 118 valence electrons. The Labute approximate surface area is 127 Å². The Morgan fingerprint density at radius 1 is 1.38 bits per heavy atom. The van der Waals surface area contributed by atoms with Gasteiger partial charge in [-0.25, -0.2) is 0 Å². The number of non-ortho nitro benzene ring substituents is 1. The summed E-state index contributed by atoms with van der Waals surface area (Å²) in [6.45, 7) is 12.2. The highest BCUT2D eigenvalue weighted by Gasteiger charge is 2.36. The van der Waals surface area contributed by atoms with Gasteiger partial charge < -0.3 is 15.5 Å². The number of hydrogen-bond donors (Lipinski definition) is 2. The van der Waals surface area contributed by atoms with Gasteiger partial charge in [0.1, 0.15) is 0 Å². The van der Waals surface area contributed by atoms with Crippen LogP contribution in [0.25, 0.3) is 0 Å². The van der Waals surface area contributed by atoms with Crippen molar-refractivity contribution in [2.24, 2.45) is 0 Å². The molecule has 6 nitrogen and oxygen atoms in total. The van der Waals surface area contributed by atoms with Crippen molar-refractivity contribution in [3.63, 3.8) is 0 Å². The highest BCUT2D eigenvalue weighted by atomic mass is 28.4. The Bertz CT molecular complexity index is 513. The summed E-state index contributed by atoms with van der Waals surface area (Å²) < 4.78 is 6.04. The van der Waals surface area contributed by atoms with Crippen molar-refractivity contribution in [1.82, 2.24) is 0 Å². The molecule has 0 fully saturated rings. The molecule has 0 radical (unpaired) electrons. The Morgan fingerprint density at radius 2 is 2.00 bits per heavy atom. The molecule has 1 rings (SSSR count). The minimum atomic E-state index is -1.74. The van der Waals surface area contributed by atoms with Crippen LogP contribution in [0, 0.1) is 10.1 Å². The molecule has 0 unspecified atom stereocenters. The first-order valence-electron chi connectivity index (χ1n) is 6.96. The van der Waals surface area contributed by atoms with Crippen LogP contribution in [0.15, 0.2) is 18.2 Å². The first-order valence-corrected chi connectivity index (χ1v) is 9.87. The minimum Gasteiger partial charge on any atom is -0.415 e. The van der Waals surface area contributed by atoms with Crippen LogP contribution in [0.4, 0.5) is 17.1 Å². The van der Waals surface area contributed by atoms with E-state index in [1.165, 1.54) is 12.1 Å². The number of nitro groups is 1. The largest absolute Gasteiger partial charge is 0.415 e. The van der Waals surface area contributed by atoms with E-state index in [1.54, 1.807) is 6.07 Å². The van der Waals surface area contributed by atoms with Gasteiger partial charge in [-0.1, -0.05) is 20.8 Å². The molecule has 1 aromatic rings. The highest BCUT2D eigenvalue weighted by Crippen LogP contribution is 2.36. The molecule has 0 saturated heterocycles. The van der Waals surface area contributed by atoms with Crippen LogP contribution in [-0.2, 0) is 4.43 Å². The average molecular weight is 311 g/mol. The lowest BCUT2D eigenvalue weighted by molar-refractivity contribution is -0.384. The van der Waals surface area contributed by atoms with Crippen LogP contribution in [-0.4, -0.2) is 26.4 Å². The smallest absolute Gasteiger partial charge is 0.271 e. The number of anilines is 2. The van der Waals surface area contributed by atoms with Gasteiger partial charge in [0.2, 0.25) is 0 Å². The lowest BCUT2D eigenvalue weighted by atomic mass is 10.2. The number of benzene rings is 1. The summed E-state index contributed by atoms with van der Waals surface area (Å²) in [6.07, 6.45) is 0. The summed E-state index contributed by atoms with van der Waals surface area (Å²) in [7, 11) is -1.74. The predicted octanol–water partition coefficient (Wildman–Crippen LogP) is 3.61. The molecule has 0 spiro atoms. The second-order valence-electron chi connectivity index (χ2n) is 6.56. The molecule has 0 atom stereocenters. The molecule has 7 heteroatoms.